The number of nitrogens with one attached hydrogen (secondary N) is 1. The van der Waals surface area contributed by atoms with E-state index in [-0.39, 0.29) is 6.04 Å². The first-order chi connectivity index (χ1) is 8.72. The maximum Gasteiger partial charge on any atom is 0.261 e. The van der Waals surface area contributed by atoms with Crippen LogP contribution >= 0.6 is 0 Å². The van der Waals surface area contributed by atoms with Gasteiger partial charge in [-0.05, 0) is 31.0 Å². The molecule has 0 saturated carbocycles. The van der Waals surface area contributed by atoms with Crippen molar-refractivity contribution < 1.29 is 13.5 Å². The van der Waals surface area contributed by atoms with Crippen LogP contribution in [0.1, 0.15) is 18.9 Å². The van der Waals surface area contributed by atoms with Gasteiger partial charge in [-0.2, -0.15) is 0 Å². The Morgan fingerprint density at radius 1 is 1.44 bits per heavy atom. The van der Waals surface area contributed by atoms with Gasteiger partial charge in [-0.3, -0.25) is 4.98 Å². The first-order valence-corrected chi connectivity index (χ1v) is 6.20. The van der Waals surface area contributed by atoms with Gasteiger partial charge in [0, 0.05) is 25.0 Å². The Labute approximate surface area is 107 Å². The van der Waals surface area contributed by atoms with E-state index in [1.165, 1.54) is 0 Å². The average Bonchev–Trinajstić information content (AvgIpc) is 2.36. The number of hydrogen-bond acceptors (Lipinski definition) is 3. The standard InChI is InChI=1S/C13H20F2N2O/c1-2-17-12(5-7-18-10-13(14)15)8-11-4-3-6-16-9-11/h3-4,6,9,12-13,17H,2,5,7-8,10H2,1H3. The summed E-state index contributed by atoms with van der Waals surface area (Å²) in [6.45, 7) is 2.74. The minimum absolute atomic E-state index is 0.233. The number of halogens is 2. The molecule has 0 fully saturated rings. The summed E-state index contributed by atoms with van der Waals surface area (Å²) in [4.78, 5) is 4.06. The van der Waals surface area contributed by atoms with E-state index in [0.29, 0.717) is 6.61 Å². The van der Waals surface area contributed by atoms with Crippen LogP contribution < -0.4 is 5.32 Å². The maximum absolute atomic E-state index is 11.9. The molecule has 0 aliphatic rings. The summed E-state index contributed by atoms with van der Waals surface area (Å²) in [6, 6.07) is 4.14. The van der Waals surface area contributed by atoms with E-state index in [0.717, 1.165) is 24.9 Å². The zero-order valence-electron chi connectivity index (χ0n) is 10.6. The molecule has 1 aromatic rings. The number of hydrogen-bond donors (Lipinski definition) is 1. The molecule has 0 aliphatic carbocycles. The minimum atomic E-state index is -2.39. The van der Waals surface area contributed by atoms with Gasteiger partial charge in [0.05, 0.1) is 0 Å². The molecule has 1 aromatic heterocycles. The smallest absolute Gasteiger partial charge is 0.261 e. The van der Waals surface area contributed by atoms with Crippen molar-refractivity contribution in [1.82, 2.24) is 10.3 Å². The summed E-state index contributed by atoms with van der Waals surface area (Å²) in [5, 5.41) is 3.32. The molecule has 0 spiro atoms. The Balaban J connectivity index is 2.31. The van der Waals surface area contributed by atoms with Crippen molar-refractivity contribution in [2.75, 3.05) is 19.8 Å². The molecular formula is C13H20F2N2O. The SMILES string of the molecule is CCNC(CCOCC(F)F)Cc1cccnc1. The van der Waals surface area contributed by atoms with Crippen LogP contribution in [0.5, 0.6) is 0 Å². The van der Waals surface area contributed by atoms with Gasteiger partial charge in [0.2, 0.25) is 0 Å². The highest BCUT2D eigenvalue weighted by molar-refractivity contribution is 5.10. The van der Waals surface area contributed by atoms with E-state index in [1.54, 1.807) is 6.20 Å². The van der Waals surface area contributed by atoms with Gasteiger partial charge in [0.25, 0.3) is 6.43 Å². The molecule has 0 radical (unpaired) electrons. The first-order valence-electron chi connectivity index (χ1n) is 6.20. The number of ether oxygens (including phenoxy) is 1. The second-order valence-corrected chi connectivity index (χ2v) is 4.07. The fourth-order valence-electron chi connectivity index (χ4n) is 1.77. The monoisotopic (exact) mass is 258 g/mol. The molecule has 1 N–H and O–H groups in total. The van der Waals surface area contributed by atoms with Gasteiger partial charge < -0.3 is 10.1 Å². The molecular weight excluding hydrogens is 238 g/mol. The summed E-state index contributed by atoms with van der Waals surface area (Å²) in [5.41, 5.74) is 1.14. The number of aromatic nitrogens is 1. The van der Waals surface area contributed by atoms with Crippen molar-refractivity contribution in [2.24, 2.45) is 0 Å². The van der Waals surface area contributed by atoms with E-state index < -0.39 is 13.0 Å². The summed E-state index contributed by atoms with van der Waals surface area (Å²) in [5.74, 6) is 0. The third kappa shape index (κ3) is 6.61. The second kappa shape index (κ2) is 8.94. The van der Waals surface area contributed by atoms with Gasteiger partial charge in [0.1, 0.15) is 6.61 Å². The summed E-state index contributed by atoms with van der Waals surface area (Å²) in [6.07, 6.45) is 2.72. The van der Waals surface area contributed by atoms with Crippen molar-refractivity contribution in [2.45, 2.75) is 32.2 Å². The van der Waals surface area contributed by atoms with Gasteiger partial charge >= 0.3 is 0 Å². The normalized spacial score (nSPS) is 12.9. The number of alkyl halides is 2. The van der Waals surface area contributed by atoms with Crippen LogP contribution in [0.3, 0.4) is 0 Å². The van der Waals surface area contributed by atoms with E-state index in [4.69, 9.17) is 4.74 Å². The Morgan fingerprint density at radius 3 is 2.89 bits per heavy atom. The summed E-state index contributed by atoms with van der Waals surface area (Å²) >= 11 is 0. The first kappa shape index (κ1) is 15.0. The van der Waals surface area contributed by atoms with Crippen molar-refractivity contribution in [1.29, 1.82) is 0 Å². The molecule has 1 atom stereocenters. The fraction of sp³-hybridized carbons (Fsp3) is 0.615. The zero-order chi connectivity index (χ0) is 13.2. The van der Waals surface area contributed by atoms with E-state index in [2.05, 4.69) is 10.3 Å². The fourth-order valence-corrected chi connectivity index (χ4v) is 1.77. The van der Waals surface area contributed by atoms with Crippen LogP contribution in [-0.4, -0.2) is 37.2 Å². The van der Waals surface area contributed by atoms with Crippen LogP contribution in [0.25, 0.3) is 0 Å². The highest BCUT2D eigenvalue weighted by atomic mass is 19.3. The van der Waals surface area contributed by atoms with E-state index in [9.17, 15) is 8.78 Å². The Kier molecular flexibility index (Phi) is 7.44. The molecule has 0 aromatic carbocycles. The highest BCUT2D eigenvalue weighted by Gasteiger charge is 2.09. The number of rotatable bonds is 9. The summed E-state index contributed by atoms with van der Waals surface area (Å²) < 4.78 is 28.7. The van der Waals surface area contributed by atoms with Gasteiger partial charge in [-0.25, -0.2) is 8.78 Å². The third-order valence-corrected chi connectivity index (χ3v) is 2.55. The molecule has 1 heterocycles. The lowest BCUT2D eigenvalue weighted by molar-refractivity contribution is 0.0144. The molecule has 1 unspecified atom stereocenters. The zero-order valence-corrected chi connectivity index (χ0v) is 10.6. The molecule has 3 nitrogen and oxygen atoms in total. The van der Waals surface area contributed by atoms with Crippen LogP contribution in [0.2, 0.25) is 0 Å². The number of pyridine rings is 1. The van der Waals surface area contributed by atoms with E-state index in [1.807, 2.05) is 25.3 Å². The largest absolute Gasteiger partial charge is 0.375 e. The third-order valence-electron chi connectivity index (χ3n) is 2.55. The van der Waals surface area contributed by atoms with Crippen molar-refractivity contribution in [3.05, 3.63) is 30.1 Å². The molecule has 102 valence electrons. The van der Waals surface area contributed by atoms with Crippen LogP contribution in [-0.2, 0) is 11.2 Å². The second-order valence-electron chi connectivity index (χ2n) is 4.07. The Morgan fingerprint density at radius 2 is 2.28 bits per heavy atom. The number of nitrogens with zero attached hydrogens (tertiary/aromatic N) is 1. The molecule has 5 heteroatoms. The maximum atomic E-state index is 11.9. The average molecular weight is 258 g/mol. The lowest BCUT2D eigenvalue weighted by atomic mass is 10.1. The van der Waals surface area contributed by atoms with Crippen LogP contribution in [0.15, 0.2) is 24.5 Å². The highest BCUT2D eigenvalue weighted by Crippen LogP contribution is 2.05. The van der Waals surface area contributed by atoms with Crippen molar-refractivity contribution >= 4 is 0 Å². The molecule has 0 amide bonds. The van der Waals surface area contributed by atoms with Crippen LogP contribution in [0.4, 0.5) is 8.78 Å². The van der Waals surface area contributed by atoms with E-state index >= 15 is 0 Å². The topological polar surface area (TPSA) is 34.1 Å². The minimum Gasteiger partial charge on any atom is -0.375 e. The number of likely N-dealkylation sites (N-methyl/N-ethyl adjacent to an activating group) is 1. The molecule has 18 heavy (non-hydrogen) atoms. The molecule has 0 aliphatic heterocycles. The van der Waals surface area contributed by atoms with Crippen LogP contribution in [0, 0.1) is 0 Å². The lowest BCUT2D eigenvalue weighted by Crippen LogP contribution is -2.32. The van der Waals surface area contributed by atoms with Gasteiger partial charge in [-0.15, -0.1) is 0 Å². The molecule has 1 rings (SSSR count). The van der Waals surface area contributed by atoms with Crippen molar-refractivity contribution in [3.8, 4) is 0 Å². The quantitative estimate of drug-likeness (QED) is 0.690. The predicted octanol–water partition coefficient (Wildman–Crippen LogP) is 2.27. The van der Waals surface area contributed by atoms with Gasteiger partial charge in [0.15, 0.2) is 0 Å². The molecule has 0 saturated heterocycles. The summed E-state index contributed by atoms with van der Waals surface area (Å²) in [7, 11) is 0. The predicted molar refractivity (Wildman–Crippen MR) is 66.8 cm³/mol. The molecule has 0 bridgehead atoms. The lowest BCUT2D eigenvalue weighted by Gasteiger charge is -2.17. The Hall–Kier alpha value is -1.07. The Bertz CT molecular complexity index is 309. The van der Waals surface area contributed by atoms with Gasteiger partial charge in [-0.1, -0.05) is 13.0 Å². The van der Waals surface area contributed by atoms with Crippen molar-refractivity contribution in [3.63, 3.8) is 0 Å².